The summed E-state index contributed by atoms with van der Waals surface area (Å²) >= 11 is 1.55. The summed E-state index contributed by atoms with van der Waals surface area (Å²) in [5.41, 5.74) is 0. The summed E-state index contributed by atoms with van der Waals surface area (Å²) in [6.45, 7) is 6.19. The summed E-state index contributed by atoms with van der Waals surface area (Å²) in [6.07, 6.45) is 4.72. The summed E-state index contributed by atoms with van der Waals surface area (Å²) in [7, 11) is 0. The number of aromatic nitrogens is 1. The van der Waals surface area contributed by atoms with E-state index in [0.29, 0.717) is 5.13 Å². The number of thiazole rings is 1. The van der Waals surface area contributed by atoms with Gasteiger partial charge in [0.05, 0.1) is 6.10 Å². The van der Waals surface area contributed by atoms with Crippen molar-refractivity contribution in [2.45, 2.75) is 52.2 Å². The first-order chi connectivity index (χ1) is 8.60. The minimum absolute atomic E-state index is 0.0655. The maximum absolute atomic E-state index is 12.1. The van der Waals surface area contributed by atoms with Crippen LogP contribution in [-0.4, -0.2) is 23.1 Å². The number of nitrogens with zero attached hydrogens (tertiary/aromatic N) is 1. The number of anilines is 1. The van der Waals surface area contributed by atoms with Crippen molar-refractivity contribution in [3.63, 3.8) is 0 Å². The molecule has 0 spiro atoms. The molecule has 2 heterocycles. The number of amides is 1. The van der Waals surface area contributed by atoms with Crippen molar-refractivity contribution < 1.29 is 9.53 Å². The van der Waals surface area contributed by atoms with Crippen molar-refractivity contribution in [2.75, 3.05) is 5.32 Å². The third kappa shape index (κ3) is 3.09. The Morgan fingerprint density at radius 1 is 1.61 bits per heavy atom. The van der Waals surface area contributed by atoms with Crippen molar-refractivity contribution in [1.82, 2.24) is 4.98 Å². The Labute approximate surface area is 112 Å². The largest absolute Gasteiger partial charge is 0.365 e. The van der Waals surface area contributed by atoms with Gasteiger partial charge in [0.15, 0.2) is 5.13 Å². The Balaban J connectivity index is 1.94. The molecule has 1 fully saturated rings. The highest BCUT2D eigenvalue weighted by Gasteiger charge is 2.35. The lowest BCUT2D eigenvalue weighted by Gasteiger charge is -2.13. The van der Waals surface area contributed by atoms with Crippen LogP contribution in [-0.2, 0) is 16.0 Å². The summed E-state index contributed by atoms with van der Waals surface area (Å²) in [5.74, 6) is 0.208. The lowest BCUT2D eigenvalue weighted by Crippen LogP contribution is -2.31. The van der Waals surface area contributed by atoms with Crippen LogP contribution in [0.15, 0.2) is 6.20 Å². The maximum atomic E-state index is 12.1. The van der Waals surface area contributed by atoms with Crippen LogP contribution in [0.2, 0.25) is 0 Å². The third-order valence-electron chi connectivity index (χ3n) is 3.14. The van der Waals surface area contributed by atoms with Gasteiger partial charge in [-0.05, 0) is 25.7 Å². The van der Waals surface area contributed by atoms with Gasteiger partial charge < -0.3 is 4.74 Å². The van der Waals surface area contributed by atoms with Crippen molar-refractivity contribution in [2.24, 2.45) is 5.92 Å². The fourth-order valence-corrected chi connectivity index (χ4v) is 3.23. The van der Waals surface area contributed by atoms with E-state index in [0.717, 1.165) is 19.3 Å². The smallest absolute Gasteiger partial charge is 0.255 e. The monoisotopic (exact) mass is 268 g/mol. The predicted octanol–water partition coefficient (Wildman–Crippen LogP) is 2.85. The minimum Gasteiger partial charge on any atom is -0.365 e. The van der Waals surface area contributed by atoms with Crippen LogP contribution < -0.4 is 5.32 Å². The summed E-state index contributed by atoms with van der Waals surface area (Å²) < 4.78 is 5.63. The van der Waals surface area contributed by atoms with E-state index in [9.17, 15) is 4.79 Å². The Kier molecular flexibility index (Phi) is 4.35. The van der Waals surface area contributed by atoms with E-state index < -0.39 is 0 Å². The molecule has 0 saturated carbocycles. The van der Waals surface area contributed by atoms with Crippen LogP contribution in [0.3, 0.4) is 0 Å². The molecule has 2 rings (SSSR count). The Hall–Kier alpha value is -0.940. The van der Waals surface area contributed by atoms with Gasteiger partial charge in [-0.1, -0.05) is 20.3 Å². The van der Waals surface area contributed by atoms with E-state index in [1.165, 1.54) is 4.88 Å². The standard InChI is InChI=1S/C13H20N2O2S/c1-4-5-10-7-14-13(18-10)15-12(16)11-8(2)6-9(3)17-11/h7-9,11H,4-6H2,1-3H3,(H,14,15,16)/t8-,9+,11+/m0/s1. The highest BCUT2D eigenvalue weighted by atomic mass is 32.1. The molecule has 5 heteroatoms. The second-order valence-electron chi connectivity index (χ2n) is 4.95. The van der Waals surface area contributed by atoms with Crippen LogP contribution in [0.5, 0.6) is 0 Å². The van der Waals surface area contributed by atoms with Gasteiger partial charge in [0.25, 0.3) is 5.91 Å². The van der Waals surface area contributed by atoms with Crippen LogP contribution in [0.25, 0.3) is 0 Å². The molecule has 1 aromatic rings. The van der Waals surface area contributed by atoms with Crippen LogP contribution in [0, 0.1) is 5.92 Å². The first kappa shape index (κ1) is 13.5. The van der Waals surface area contributed by atoms with Gasteiger partial charge in [0, 0.05) is 11.1 Å². The zero-order valence-corrected chi connectivity index (χ0v) is 11.9. The molecule has 1 aliphatic heterocycles. The van der Waals surface area contributed by atoms with E-state index in [1.807, 2.05) is 13.1 Å². The first-order valence-electron chi connectivity index (χ1n) is 6.51. The highest BCUT2D eigenvalue weighted by molar-refractivity contribution is 7.15. The van der Waals surface area contributed by atoms with Gasteiger partial charge in [-0.3, -0.25) is 10.1 Å². The lowest BCUT2D eigenvalue weighted by atomic mass is 10.0. The van der Waals surface area contributed by atoms with Crippen LogP contribution in [0.1, 0.15) is 38.5 Å². The second-order valence-corrected chi connectivity index (χ2v) is 6.07. The number of carbonyl (C=O) groups excluding carboxylic acids is 1. The molecule has 3 atom stereocenters. The average molecular weight is 268 g/mol. The molecule has 1 aliphatic rings. The number of hydrogen-bond acceptors (Lipinski definition) is 4. The molecule has 0 unspecified atom stereocenters. The normalized spacial score (nSPS) is 27.4. The Bertz CT molecular complexity index is 419. The number of carbonyl (C=O) groups is 1. The molecule has 1 saturated heterocycles. The lowest BCUT2D eigenvalue weighted by molar-refractivity contribution is -0.127. The van der Waals surface area contributed by atoms with Crippen molar-refractivity contribution in [1.29, 1.82) is 0 Å². The fraction of sp³-hybridized carbons (Fsp3) is 0.692. The maximum Gasteiger partial charge on any atom is 0.255 e. The molecular formula is C13H20N2O2S. The van der Waals surface area contributed by atoms with Gasteiger partial charge in [0.2, 0.25) is 0 Å². The van der Waals surface area contributed by atoms with Crippen molar-refractivity contribution >= 4 is 22.4 Å². The molecular weight excluding hydrogens is 248 g/mol. The number of hydrogen-bond donors (Lipinski definition) is 1. The molecule has 1 N–H and O–H groups in total. The fourth-order valence-electron chi connectivity index (χ4n) is 2.31. The molecule has 18 heavy (non-hydrogen) atoms. The van der Waals surface area contributed by atoms with Gasteiger partial charge in [-0.2, -0.15) is 0 Å². The van der Waals surface area contributed by atoms with E-state index in [2.05, 4.69) is 24.1 Å². The topological polar surface area (TPSA) is 51.2 Å². The van der Waals surface area contributed by atoms with Gasteiger partial charge in [-0.15, -0.1) is 11.3 Å². The number of ether oxygens (including phenoxy) is 1. The first-order valence-corrected chi connectivity index (χ1v) is 7.32. The van der Waals surface area contributed by atoms with Gasteiger partial charge >= 0.3 is 0 Å². The highest BCUT2D eigenvalue weighted by Crippen LogP contribution is 2.27. The molecule has 0 aromatic carbocycles. The van der Waals surface area contributed by atoms with E-state index in [1.54, 1.807) is 11.3 Å². The van der Waals surface area contributed by atoms with Crippen LogP contribution >= 0.6 is 11.3 Å². The molecule has 0 radical (unpaired) electrons. The van der Waals surface area contributed by atoms with Crippen LogP contribution in [0.4, 0.5) is 5.13 Å². The summed E-state index contributed by atoms with van der Waals surface area (Å²) in [6, 6.07) is 0. The molecule has 0 aliphatic carbocycles. The van der Waals surface area contributed by atoms with Crippen molar-refractivity contribution in [3.8, 4) is 0 Å². The van der Waals surface area contributed by atoms with Crippen molar-refractivity contribution in [3.05, 3.63) is 11.1 Å². The Morgan fingerprint density at radius 2 is 2.39 bits per heavy atom. The molecule has 1 amide bonds. The van der Waals surface area contributed by atoms with E-state index in [-0.39, 0.29) is 24.0 Å². The zero-order chi connectivity index (χ0) is 13.1. The minimum atomic E-state index is -0.335. The van der Waals surface area contributed by atoms with E-state index >= 15 is 0 Å². The quantitative estimate of drug-likeness (QED) is 0.913. The summed E-state index contributed by atoms with van der Waals surface area (Å²) in [5, 5.41) is 3.54. The SMILES string of the molecule is CCCc1cnc(NC(=O)[C@@H]2O[C@H](C)C[C@@H]2C)s1. The second kappa shape index (κ2) is 5.80. The van der Waals surface area contributed by atoms with Gasteiger partial charge in [0.1, 0.15) is 6.10 Å². The average Bonchev–Trinajstić information content (AvgIpc) is 2.86. The number of aryl methyl sites for hydroxylation is 1. The molecule has 0 bridgehead atoms. The molecule has 4 nitrogen and oxygen atoms in total. The predicted molar refractivity (Wildman–Crippen MR) is 72.9 cm³/mol. The summed E-state index contributed by atoms with van der Waals surface area (Å²) in [4.78, 5) is 17.5. The number of rotatable bonds is 4. The third-order valence-corrected chi connectivity index (χ3v) is 4.11. The van der Waals surface area contributed by atoms with Gasteiger partial charge in [-0.25, -0.2) is 4.98 Å². The zero-order valence-electron chi connectivity index (χ0n) is 11.1. The molecule has 100 valence electrons. The Morgan fingerprint density at radius 3 is 3.00 bits per heavy atom. The van der Waals surface area contributed by atoms with E-state index in [4.69, 9.17) is 4.74 Å². The number of nitrogens with one attached hydrogen (secondary N) is 1. The molecule has 1 aromatic heterocycles.